The molecule has 0 saturated heterocycles. The van der Waals surface area contributed by atoms with E-state index in [4.69, 9.17) is 9.47 Å². The van der Waals surface area contributed by atoms with Crippen molar-refractivity contribution in [3.05, 3.63) is 60.2 Å². The van der Waals surface area contributed by atoms with Crippen LogP contribution in [0.3, 0.4) is 0 Å². The number of halogens is 1. The zero-order valence-corrected chi connectivity index (χ0v) is 11.3. The summed E-state index contributed by atoms with van der Waals surface area (Å²) in [6.07, 6.45) is 0.561. The van der Waals surface area contributed by atoms with Gasteiger partial charge in [0.25, 0.3) is 0 Å². The first kappa shape index (κ1) is 11.6. The lowest BCUT2D eigenvalue weighted by molar-refractivity contribution is 0.0420. The first-order valence-corrected chi connectivity index (χ1v) is 6.86. The largest absolute Gasteiger partial charge is 0.451 e. The lowest BCUT2D eigenvalue weighted by atomic mass is 10.1. The second-order valence-electron chi connectivity index (χ2n) is 4.23. The van der Waals surface area contributed by atoms with Crippen LogP contribution in [0.4, 0.5) is 0 Å². The zero-order valence-electron chi connectivity index (χ0n) is 9.75. The number of benzene rings is 2. The SMILES string of the molecule is BrC(CC1Oc2ccccc2O1)c1ccccc1. The molecule has 0 fully saturated rings. The van der Waals surface area contributed by atoms with Gasteiger partial charge in [0, 0.05) is 11.2 Å². The van der Waals surface area contributed by atoms with Crippen LogP contribution in [0.5, 0.6) is 11.5 Å². The zero-order chi connectivity index (χ0) is 12.4. The molecule has 1 atom stereocenters. The van der Waals surface area contributed by atoms with Gasteiger partial charge < -0.3 is 9.47 Å². The normalized spacial score (nSPS) is 15.6. The van der Waals surface area contributed by atoms with E-state index in [1.807, 2.05) is 42.5 Å². The Morgan fingerprint density at radius 1 is 0.889 bits per heavy atom. The van der Waals surface area contributed by atoms with E-state index in [-0.39, 0.29) is 11.1 Å². The van der Waals surface area contributed by atoms with Gasteiger partial charge in [0.2, 0.25) is 6.29 Å². The molecule has 2 aromatic carbocycles. The average molecular weight is 305 g/mol. The summed E-state index contributed by atoms with van der Waals surface area (Å²) in [5.41, 5.74) is 1.24. The third-order valence-corrected chi connectivity index (χ3v) is 3.83. The smallest absolute Gasteiger partial charge is 0.242 e. The molecule has 1 aliphatic heterocycles. The Bertz CT molecular complexity index is 502. The van der Waals surface area contributed by atoms with Crippen LogP contribution in [-0.2, 0) is 0 Å². The third-order valence-electron chi connectivity index (χ3n) is 2.93. The van der Waals surface area contributed by atoms with Crippen molar-refractivity contribution in [2.45, 2.75) is 17.5 Å². The fourth-order valence-electron chi connectivity index (χ4n) is 2.02. The quantitative estimate of drug-likeness (QED) is 0.787. The van der Waals surface area contributed by atoms with Crippen molar-refractivity contribution in [2.24, 2.45) is 0 Å². The maximum absolute atomic E-state index is 5.75. The van der Waals surface area contributed by atoms with E-state index >= 15 is 0 Å². The van der Waals surface area contributed by atoms with E-state index in [0.717, 1.165) is 17.9 Å². The van der Waals surface area contributed by atoms with Gasteiger partial charge in [-0.1, -0.05) is 58.4 Å². The molecule has 0 bridgehead atoms. The Labute approximate surface area is 115 Å². The van der Waals surface area contributed by atoms with Gasteiger partial charge in [0.05, 0.1) is 0 Å². The number of ether oxygens (including phenoxy) is 2. The van der Waals surface area contributed by atoms with Gasteiger partial charge in [0.15, 0.2) is 11.5 Å². The molecule has 2 nitrogen and oxygen atoms in total. The van der Waals surface area contributed by atoms with E-state index < -0.39 is 0 Å². The van der Waals surface area contributed by atoms with Gasteiger partial charge >= 0.3 is 0 Å². The molecular formula is C15H13BrO2. The number of alkyl halides is 1. The summed E-state index contributed by atoms with van der Waals surface area (Å²) in [5.74, 6) is 1.66. The third kappa shape index (κ3) is 2.36. The predicted octanol–water partition coefficient (Wildman–Crippen LogP) is 4.31. The van der Waals surface area contributed by atoms with Crippen molar-refractivity contribution in [3.8, 4) is 11.5 Å². The summed E-state index contributed by atoms with van der Waals surface area (Å²) in [6, 6.07) is 18.1. The molecule has 3 rings (SSSR count). The van der Waals surface area contributed by atoms with E-state index in [9.17, 15) is 0 Å². The van der Waals surface area contributed by atoms with Crippen LogP contribution >= 0.6 is 15.9 Å². The second kappa shape index (κ2) is 5.02. The number of rotatable bonds is 3. The standard InChI is InChI=1S/C15H13BrO2/c16-12(11-6-2-1-3-7-11)10-15-17-13-8-4-5-9-14(13)18-15/h1-9,12,15H,10H2. The van der Waals surface area contributed by atoms with Crippen LogP contribution in [0.15, 0.2) is 54.6 Å². The van der Waals surface area contributed by atoms with Gasteiger partial charge in [-0.3, -0.25) is 0 Å². The summed E-state index contributed by atoms with van der Waals surface area (Å²) in [5, 5.41) is 0. The molecule has 92 valence electrons. The lowest BCUT2D eigenvalue weighted by Crippen LogP contribution is -2.19. The summed E-state index contributed by atoms with van der Waals surface area (Å²) in [4.78, 5) is 0.234. The van der Waals surface area contributed by atoms with Crippen molar-refractivity contribution < 1.29 is 9.47 Å². The van der Waals surface area contributed by atoms with Crippen LogP contribution < -0.4 is 9.47 Å². The van der Waals surface area contributed by atoms with Crippen molar-refractivity contribution in [2.75, 3.05) is 0 Å². The number of hydrogen-bond donors (Lipinski definition) is 0. The van der Waals surface area contributed by atoms with Crippen molar-refractivity contribution in [1.82, 2.24) is 0 Å². The molecule has 0 spiro atoms. The molecule has 3 heteroatoms. The fraction of sp³-hybridized carbons (Fsp3) is 0.200. The molecule has 0 radical (unpaired) electrons. The molecule has 0 aromatic heterocycles. The van der Waals surface area contributed by atoms with Crippen LogP contribution in [0.25, 0.3) is 0 Å². The van der Waals surface area contributed by atoms with Crippen LogP contribution in [0.1, 0.15) is 16.8 Å². The Balaban J connectivity index is 1.66. The Kier molecular flexibility index (Phi) is 3.24. The molecular weight excluding hydrogens is 292 g/mol. The molecule has 2 aromatic rings. The maximum Gasteiger partial charge on any atom is 0.242 e. The minimum Gasteiger partial charge on any atom is -0.451 e. The minimum atomic E-state index is -0.216. The monoisotopic (exact) mass is 304 g/mol. The van der Waals surface area contributed by atoms with Crippen LogP contribution in [0.2, 0.25) is 0 Å². The van der Waals surface area contributed by atoms with E-state index in [1.165, 1.54) is 5.56 Å². The van der Waals surface area contributed by atoms with Gasteiger partial charge in [-0.2, -0.15) is 0 Å². The van der Waals surface area contributed by atoms with Crippen molar-refractivity contribution in [1.29, 1.82) is 0 Å². The minimum absolute atomic E-state index is 0.216. The molecule has 1 heterocycles. The number of fused-ring (bicyclic) bond motifs is 1. The van der Waals surface area contributed by atoms with E-state index in [0.29, 0.717) is 0 Å². The molecule has 0 aliphatic carbocycles. The van der Waals surface area contributed by atoms with E-state index in [1.54, 1.807) is 0 Å². The van der Waals surface area contributed by atoms with E-state index in [2.05, 4.69) is 28.1 Å². The van der Waals surface area contributed by atoms with Crippen LogP contribution in [-0.4, -0.2) is 6.29 Å². The highest BCUT2D eigenvalue weighted by Crippen LogP contribution is 2.38. The predicted molar refractivity (Wildman–Crippen MR) is 74.2 cm³/mol. The average Bonchev–Trinajstić information content (AvgIpc) is 2.82. The summed E-state index contributed by atoms with van der Waals surface area (Å²) >= 11 is 3.68. The summed E-state index contributed by atoms with van der Waals surface area (Å²) in [7, 11) is 0. The molecule has 18 heavy (non-hydrogen) atoms. The van der Waals surface area contributed by atoms with Gasteiger partial charge in [-0.25, -0.2) is 0 Å². The summed E-state index contributed by atoms with van der Waals surface area (Å²) in [6.45, 7) is 0. The first-order valence-electron chi connectivity index (χ1n) is 5.94. The van der Waals surface area contributed by atoms with Crippen LogP contribution in [0, 0.1) is 0 Å². The van der Waals surface area contributed by atoms with Crippen molar-refractivity contribution in [3.63, 3.8) is 0 Å². The van der Waals surface area contributed by atoms with Crippen molar-refractivity contribution >= 4 is 15.9 Å². The number of para-hydroxylation sites is 2. The highest BCUT2D eigenvalue weighted by Gasteiger charge is 2.26. The number of hydrogen-bond acceptors (Lipinski definition) is 2. The Morgan fingerprint density at radius 3 is 2.06 bits per heavy atom. The highest BCUT2D eigenvalue weighted by atomic mass is 79.9. The topological polar surface area (TPSA) is 18.5 Å². The molecule has 0 saturated carbocycles. The molecule has 0 N–H and O–H groups in total. The molecule has 1 aliphatic rings. The second-order valence-corrected chi connectivity index (χ2v) is 5.33. The molecule has 0 amide bonds. The lowest BCUT2D eigenvalue weighted by Gasteiger charge is -2.15. The van der Waals surface area contributed by atoms with Gasteiger partial charge in [-0.15, -0.1) is 0 Å². The maximum atomic E-state index is 5.75. The Hall–Kier alpha value is -1.48. The first-order chi connectivity index (χ1) is 8.83. The Morgan fingerprint density at radius 2 is 1.44 bits per heavy atom. The summed E-state index contributed by atoms with van der Waals surface area (Å²) < 4.78 is 11.5. The van der Waals surface area contributed by atoms with Gasteiger partial charge in [-0.05, 0) is 17.7 Å². The fourth-order valence-corrected chi connectivity index (χ4v) is 2.63. The molecule has 1 unspecified atom stereocenters. The highest BCUT2D eigenvalue weighted by molar-refractivity contribution is 9.09. The van der Waals surface area contributed by atoms with Gasteiger partial charge in [0.1, 0.15) is 0 Å².